The number of aryl methyl sites for hydroxylation is 1. The number of anilines is 1. The molecule has 2 aromatic heterocycles. The van der Waals surface area contributed by atoms with Gasteiger partial charge in [0.05, 0.1) is 0 Å². The van der Waals surface area contributed by atoms with Crippen LogP contribution in [0.4, 0.5) is 5.82 Å². The minimum absolute atomic E-state index is 0.272. The summed E-state index contributed by atoms with van der Waals surface area (Å²) >= 11 is 0. The molecule has 1 N–H and O–H groups in total. The number of hydrogen-bond donors (Lipinski definition) is 1. The van der Waals surface area contributed by atoms with Crippen LogP contribution in [0.25, 0.3) is 5.78 Å². The summed E-state index contributed by atoms with van der Waals surface area (Å²) in [5.41, 5.74) is 1.92. The Hall–Kier alpha value is -2.83. The Kier molecular flexibility index (Phi) is 2.63. The van der Waals surface area contributed by atoms with Crippen LogP contribution in [0.5, 0.6) is 11.5 Å². The number of nitrogens with zero attached hydrogens (tertiary/aromatic N) is 4. The smallest absolute Gasteiger partial charge is 0.254 e. The van der Waals surface area contributed by atoms with Crippen LogP contribution in [0.3, 0.4) is 0 Å². The van der Waals surface area contributed by atoms with Crippen molar-refractivity contribution in [1.29, 1.82) is 0 Å². The highest BCUT2D eigenvalue weighted by Crippen LogP contribution is 2.35. The highest BCUT2D eigenvalue weighted by Gasteiger charge is 2.17. The highest BCUT2D eigenvalue weighted by atomic mass is 16.7. The predicted octanol–water partition coefficient (Wildman–Crippen LogP) is 1.77. The van der Waals surface area contributed by atoms with Crippen molar-refractivity contribution in [3.8, 4) is 11.5 Å². The molecule has 4 rings (SSSR count). The van der Waals surface area contributed by atoms with Gasteiger partial charge in [-0.05, 0) is 13.0 Å². The third-order valence-corrected chi connectivity index (χ3v) is 3.32. The fourth-order valence-electron chi connectivity index (χ4n) is 2.37. The van der Waals surface area contributed by atoms with Crippen molar-refractivity contribution in [2.45, 2.75) is 13.5 Å². The molecule has 0 unspecified atom stereocenters. The van der Waals surface area contributed by atoms with Gasteiger partial charge in [0, 0.05) is 23.9 Å². The lowest BCUT2D eigenvalue weighted by atomic mass is 10.2. The average molecular weight is 283 g/mol. The Morgan fingerprint density at radius 1 is 1.33 bits per heavy atom. The van der Waals surface area contributed by atoms with E-state index in [1.54, 1.807) is 4.52 Å². The minimum Gasteiger partial charge on any atom is -0.454 e. The first kappa shape index (κ1) is 12.0. The SMILES string of the molecule is Cc1cc(NCc2cccc3c2OCO3)n2ncnc2n1. The van der Waals surface area contributed by atoms with Crippen molar-refractivity contribution in [2.24, 2.45) is 0 Å². The van der Waals surface area contributed by atoms with Gasteiger partial charge in [0.1, 0.15) is 12.1 Å². The number of hydrogen-bond acceptors (Lipinski definition) is 6. The van der Waals surface area contributed by atoms with Gasteiger partial charge in [0.25, 0.3) is 5.78 Å². The van der Waals surface area contributed by atoms with Gasteiger partial charge in [-0.25, -0.2) is 4.98 Å². The summed E-state index contributed by atoms with van der Waals surface area (Å²) in [6.45, 7) is 2.80. The Morgan fingerprint density at radius 2 is 2.29 bits per heavy atom. The summed E-state index contributed by atoms with van der Waals surface area (Å²) in [5.74, 6) is 3.00. The zero-order valence-corrected chi connectivity index (χ0v) is 11.4. The van der Waals surface area contributed by atoms with E-state index in [9.17, 15) is 0 Å². The number of ether oxygens (including phenoxy) is 2. The second-order valence-corrected chi connectivity index (χ2v) is 4.76. The molecule has 0 amide bonds. The predicted molar refractivity (Wildman–Crippen MR) is 75.4 cm³/mol. The van der Waals surface area contributed by atoms with Gasteiger partial charge < -0.3 is 14.8 Å². The fourth-order valence-corrected chi connectivity index (χ4v) is 2.37. The van der Waals surface area contributed by atoms with E-state index in [2.05, 4.69) is 20.4 Å². The largest absolute Gasteiger partial charge is 0.454 e. The van der Waals surface area contributed by atoms with Gasteiger partial charge in [-0.3, -0.25) is 0 Å². The quantitative estimate of drug-likeness (QED) is 0.789. The maximum Gasteiger partial charge on any atom is 0.254 e. The molecule has 106 valence electrons. The van der Waals surface area contributed by atoms with E-state index in [0.29, 0.717) is 12.3 Å². The molecule has 7 heteroatoms. The number of benzene rings is 1. The molecule has 0 radical (unpaired) electrons. The fraction of sp³-hybridized carbons (Fsp3) is 0.214. The maximum absolute atomic E-state index is 5.50. The van der Waals surface area contributed by atoms with Crippen LogP contribution in [0.1, 0.15) is 11.3 Å². The lowest BCUT2D eigenvalue weighted by Crippen LogP contribution is -2.07. The summed E-state index contributed by atoms with van der Waals surface area (Å²) in [7, 11) is 0. The van der Waals surface area contributed by atoms with Crippen LogP contribution >= 0.6 is 0 Å². The molecular formula is C14H13N5O2. The van der Waals surface area contributed by atoms with Gasteiger partial charge in [0.2, 0.25) is 6.79 Å². The van der Waals surface area contributed by atoms with E-state index in [1.165, 1.54) is 6.33 Å². The zero-order valence-electron chi connectivity index (χ0n) is 11.4. The van der Waals surface area contributed by atoms with Gasteiger partial charge >= 0.3 is 0 Å². The third kappa shape index (κ3) is 2.03. The number of rotatable bonds is 3. The van der Waals surface area contributed by atoms with Crippen molar-refractivity contribution in [3.05, 3.63) is 41.9 Å². The summed E-state index contributed by atoms with van der Waals surface area (Å²) in [4.78, 5) is 8.42. The molecule has 0 bridgehead atoms. The van der Waals surface area contributed by atoms with Crippen molar-refractivity contribution in [3.63, 3.8) is 0 Å². The number of fused-ring (bicyclic) bond motifs is 2. The van der Waals surface area contributed by atoms with E-state index in [-0.39, 0.29) is 6.79 Å². The number of para-hydroxylation sites is 1. The summed E-state index contributed by atoms with van der Waals surface area (Å²) < 4.78 is 12.6. The Bertz CT molecular complexity index is 814. The third-order valence-electron chi connectivity index (χ3n) is 3.32. The molecule has 0 saturated carbocycles. The Labute approximate surface area is 120 Å². The van der Waals surface area contributed by atoms with E-state index in [1.807, 2.05) is 31.2 Å². The van der Waals surface area contributed by atoms with Crippen LogP contribution in [-0.2, 0) is 6.54 Å². The Morgan fingerprint density at radius 3 is 3.24 bits per heavy atom. The first-order valence-corrected chi connectivity index (χ1v) is 6.60. The van der Waals surface area contributed by atoms with Crippen molar-refractivity contribution in [1.82, 2.24) is 19.6 Å². The molecule has 7 nitrogen and oxygen atoms in total. The highest BCUT2D eigenvalue weighted by molar-refractivity contribution is 5.51. The van der Waals surface area contributed by atoms with Crippen LogP contribution in [0.2, 0.25) is 0 Å². The monoisotopic (exact) mass is 283 g/mol. The first-order chi connectivity index (χ1) is 10.3. The zero-order chi connectivity index (χ0) is 14.2. The normalized spacial score (nSPS) is 12.8. The molecule has 0 saturated heterocycles. The standard InChI is InChI=1S/C14H13N5O2/c1-9-5-12(19-14(18-9)16-7-17-19)15-6-10-3-2-4-11-13(10)21-8-20-11/h2-5,7,15H,6,8H2,1H3. The average Bonchev–Trinajstić information content (AvgIpc) is 3.12. The molecule has 21 heavy (non-hydrogen) atoms. The van der Waals surface area contributed by atoms with E-state index in [4.69, 9.17) is 9.47 Å². The minimum atomic E-state index is 0.272. The number of nitrogens with one attached hydrogen (secondary N) is 1. The molecule has 3 heterocycles. The second-order valence-electron chi connectivity index (χ2n) is 4.76. The summed E-state index contributed by atoms with van der Waals surface area (Å²) in [5, 5.41) is 7.51. The van der Waals surface area contributed by atoms with Crippen LogP contribution in [0.15, 0.2) is 30.6 Å². The van der Waals surface area contributed by atoms with Crippen molar-refractivity contribution < 1.29 is 9.47 Å². The van der Waals surface area contributed by atoms with Crippen LogP contribution < -0.4 is 14.8 Å². The molecule has 0 aliphatic carbocycles. The van der Waals surface area contributed by atoms with Crippen LogP contribution in [-0.4, -0.2) is 26.4 Å². The molecule has 0 atom stereocenters. The molecule has 0 spiro atoms. The molecule has 3 aromatic rings. The van der Waals surface area contributed by atoms with E-state index >= 15 is 0 Å². The van der Waals surface area contributed by atoms with Crippen LogP contribution in [0, 0.1) is 6.92 Å². The van der Waals surface area contributed by atoms with E-state index in [0.717, 1.165) is 28.6 Å². The van der Waals surface area contributed by atoms with E-state index < -0.39 is 0 Å². The van der Waals surface area contributed by atoms with Gasteiger partial charge in [-0.2, -0.15) is 14.6 Å². The van der Waals surface area contributed by atoms with Crippen molar-refractivity contribution >= 4 is 11.6 Å². The molecule has 1 aromatic carbocycles. The van der Waals surface area contributed by atoms with Crippen molar-refractivity contribution in [2.75, 3.05) is 12.1 Å². The molecule has 1 aliphatic rings. The summed E-state index contributed by atoms with van der Waals surface area (Å²) in [6.07, 6.45) is 1.49. The Balaban J connectivity index is 1.64. The molecule has 0 fully saturated rings. The second kappa shape index (κ2) is 4.62. The summed E-state index contributed by atoms with van der Waals surface area (Å²) in [6, 6.07) is 7.79. The molecule has 1 aliphatic heterocycles. The molecular weight excluding hydrogens is 270 g/mol. The van der Waals surface area contributed by atoms with Gasteiger partial charge in [0.15, 0.2) is 11.5 Å². The number of aromatic nitrogens is 4. The topological polar surface area (TPSA) is 73.6 Å². The van der Waals surface area contributed by atoms with Gasteiger partial charge in [-0.1, -0.05) is 12.1 Å². The lowest BCUT2D eigenvalue weighted by molar-refractivity contribution is 0.173. The lowest BCUT2D eigenvalue weighted by Gasteiger charge is -2.10. The van der Waals surface area contributed by atoms with Gasteiger partial charge in [-0.15, -0.1) is 0 Å². The maximum atomic E-state index is 5.50. The first-order valence-electron chi connectivity index (χ1n) is 6.60.